The molecule has 0 fully saturated rings. The topological polar surface area (TPSA) is 92.5 Å². The molecular formula is C7H5BrNNaO5. The second kappa shape index (κ2) is 9.91. The molecule has 76 valence electrons. The maximum Gasteiger partial charge on any atom is 1.00 e. The van der Waals surface area contributed by atoms with Crippen LogP contribution in [0.3, 0.4) is 0 Å². The van der Waals surface area contributed by atoms with Crippen LogP contribution in [-0.4, -0.2) is 11.1 Å². The van der Waals surface area contributed by atoms with Crippen LogP contribution >= 0.6 is 16.3 Å². The minimum atomic E-state index is -1.13. The van der Waals surface area contributed by atoms with E-state index in [1.165, 1.54) is 12.1 Å². The van der Waals surface area contributed by atoms with Crippen molar-refractivity contribution in [1.82, 2.24) is 0 Å². The molecule has 1 aromatic rings. The molecule has 0 saturated heterocycles. The minimum Gasteiger partial charge on any atom is -0.545 e. The van der Waals surface area contributed by atoms with Crippen molar-refractivity contribution >= 4 is 22.2 Å². The van der Waals surface area contributed by atoms with Crippen molar-refractivity contribution in [3.8, 4) is 0 Å². The van der Waals surface area contributed by atoms with Gasteiger partial charge < -0.3 is 9.90 Å². The molecular weight excluding hydrogens is 281 g/mol. The van der Waals surface area contributed by atoms with E-state index < -0.39 is 11.1 Å². The Morgan fingerprint density at radius 3 is 1.93 bits per heavy atom. The van der Waals surface area contributed by atoms with Gasteiger partial charge in [0.1, 0.15) is 16.3 Å². The number of carboxylic acids is 1. The van der Waals surface area contributed by atoms with Gasteiger partial charge in [0.25, 0.3) is 0 Å². The second-order valence-electron chi connectivity index (χ2n) is 1.95. The van der Waals surface area contributed by atoms with Gasteiger partial charge in [0.15, 0.2) is 0 Å². The first-order valence-electron chi connectivity index (χ1n) is 3.27. The van der Waals surface area contributed by atoms with Crippen LogP contribution in [0.25, 0.3) is 0 Å². The van der Waals surface area contributed by atoms with Gasteiger partial charge >= 0.3 is 34.6 Å². The molecule has 6 nitrogen and oxygen atoms in total. The van der Waals surface area contributed by atoms with Gasteiger partial charge in [0.2, 0.25) is 0 Å². The summed E-state index contributed by atoms with van der Waals surface area (Å²) in [7, 11) is 0. The maximum absolute atomic E-state index is 10.1. The Morgan fingerprint density at radius 2 is 1.73 bits per heavy atom. The zero-order valence-corrected chi connectivity index (χ0v) is 11.3. The first kappa shape index (κ1) is 16.8. The Bertz CT molecular complexity index is 308. The van der Waals surface area contributed by atoms with Crippen molar-refractivity contribution in [2.24, 2.45) is 0 Å². The Kier molecular flexibility index (Phi) is 11.1. The summed E-state index contributed by atoms with van der Waals surface area (Å²) in [5.41, 5.74) is 0.220. The predicted octanol–water partition coefficient (Wildman–Crippen LogP) is -2.44. The summed E-state index contributed by atoms with van der Waals surface area (Å²) in [6.45, 7) is 0. The molecule has 0 heterocycles. The van der Waals surface area contributed by atoms with Gasteiger partial charge in [-0.3, -0.25) is 0 Å². The fourth-order valence-corrected chi connectivity index (χ4v) is 0.574. The van der Waals surface area contributed by atoms with Crippen LogP contribution in [-0.2, 0) is 3.93 Å². The molecule has 0 unspecified atom stereocenters. The third-order valence-corrected chi connectivity index (χ3v) is 1.30. The molecule has 8 heteroatoms. The number of nitrogens with zero attached hydrogens (tertiary/aromatic N) is 1. The van der Waals surface area contributed by atoms with Gasteiger partial charge in [-0.1, -0.05) is 30.3 Å². The molecule has 0 aromatic heterocycles. The van der Waals surface area contributed by atoms with E-state index in [4.69, 9.17) is 10.1 Å². The number of carbonyl (C=O) groups is 1. The standard InChI is InChI=1S/C7H6O2.BrNO3.Na/c8-7(9)6-4-2-1-3-5-6;1-5-2(3)4;/h1-5H,(H,8,9);;/q;;+1/p-1. The quantitative estimate of drug-likeness (QED) is 0.342. The molecule has 0 spiro atoms. The van der Waals surface area contributed by atoms with Gasteiger partial charge in [-0.05, 0) is 5.56 Å². The SMILES string of the molecule is O=C([O-])c1ccccc1.O=[N+]([O-])OBr.[Na+]. The van der Waals surface area contributed by atoms with Crippen molar-refractivity contribution in [3.05, 3.63) is 46.0 Å². The summed E-state index contributed by atoms with van der Waals surface area (Å²) in [4.78, 5) is 19.0. The van der Waals surface area contributed by atoms with Gasteiger partial charge in [-0.25, -0.2) is 3.93 Å². The normalized spacial score (nSPS) is 7.53. The molecule has 0 aliphatic heterocycles. The third kappa shape index (κ3) is 9.67. The molecule has 1 aromatic carbocycles. The van der Waals surface area contributed by atoms with Crippen LogP contribution in [0.15, 0.2) is 30.3 Å². The van der Waals surface area contributed by atoms with Crippen molar-refractivity contribution < 1.29 is 48.5 Å². The Hall–Kier alpha value is -0.630. The van der Waals surface area contributed by atoms with Crippen LogP contribution in [0.5, 0.6) is 0 Å². The molecule has 0 atom stereocenters. The van der Waals surface area contributed by atoms with Gasteiger partial charge in [0, 0.05) is 0 Å². The van der Waals surface area contributed by atoms with Gasteiger partial charge in [-0.2, -0.15) is 0 Å². The second-order valence-corrected chi connectivity index (χ2v) is 2.24. The number of benzene rings is 1. The zero-order chi connectivity index (χ0) is 11.0. The zero-order valence-electron chi connectivity index (χ0n) is 7.75. The Balaban J connectivity index is 0. The number of hydrogen-bond donors (Lipinski definition) is 0. The maximum atomic E-state index is 10.1. The van der Waals surface area contributed by atoms with Crippen LogP contribution < -0.4 is 34.7 Å². The molecule has 0 radical (unpaired) electrons. The van der Waals surface area contributed by atoms with E-state index in [9.17, 15) is 9.90 Å². The molecule has 15 heavy (non-hydrogen) atoms. The average Bonchev–Trinajstić information content (AvgIpc) is 2.20. The monoisotopic (exact) mass is 285 g/mol. The van der Waals surface area contributed by atoms with E-state index >= 15 is 0 Å². The van der Waals surface area contributed by atoms with E-state index in [0.717, 1.165) is 0 Å². The molecule has 0 aliphatic carbocycles. The van der Waals surface area contributed by atoms with Crippen LogP contribution in [0.4, 0.5) is 0 Å². The summed E-state index contributed by atoms with van der Waals surface area (Å²) in [5.74, 6) is -1.13. The number of halogens is 1. The number of carbonyl (C=O) groups excluding carboxylic acids is 1. The van der Waals surface area contributed by atoms with E-state index in [1.807, 2.05) is 0 Å². The van der Waals surface area contributed by atoms with Crippen molar-refractivity contribution in [1.29, 1.82) is 0 Å². The first-order valence-corrected chi connectivity index (χ1v) is 3.92. The van der Waals surface area contributed by atoms with Gasteiger partial charge in [0.05, 0.1) is 5.97 Å². The van der Waals surface area contributed by atoms with E-state index in [0.29, 0.717) is 0 Å². The van der Waals surface area contributed by atoms with E-state index in [2.05, 4.69) is 20.2 Å². The summed E-state index contributed by atoms with van der Waals surface area (Å²) < 4.78 is 3.28. The molecule has 0 amide bonds. The number of carboxylic acid groups (broad SMARTS) is 1. The van der Waals surface area contributed by atoms with Crippen LogP contribution in [0.2, 0.25) is 0 Å². The predicted molar refractivity (Wildman–Crippen MR) is 47.8 cm³/mol. The van der Waals surface area contributed by atoms with Crippen LogP contribution in [0, 0.1) is 10.1 Å². The van der Waals surface area contributed by atoms with Gasteiger partial charge in [-0.15, -0.1) is 10.1 Å². The van der Waals surface area contributed by atoms with E-state index in [1.54, 1.807) is 18.2 Å². The Morgan fingerprint density at radius 1 is 1.33 bits per heavy atom. The average molecular weight is 286 g/mol. The summed E-state index contributed by atoms with van der Waals surface area (Å²) in [6, 6.07) is 8.06. The number of rotatable bonds is 2. The largest absolute Gasteiger partial charge is 1.00 e. The van der Waals surface area contributed by atoms with Crippen molar-refractivity contribution in [3.63, 3.8) is 0 Å². The van der Waals surface area contributed by atoms with Crippen molar-refractivity contribution in [2.75, 3.05) is 0 Å². The minimum absolute atomic E-state index is 0. The smallest absolute Gasteiger partial charge is 0.545 e. The molecule has 0 bridgehead atoms. The number of aromatic carboxylic acids is 1. The summed E-state index contributed by atoms with van der Waals surface area (Å²) >= 11 is 2.11. The molecule has 0 N–H and O–H groups in total. The first-order chi connectivity index (χ1) is 6.57. The van der Waals surface area contributed by atoms with Crippen LogP contribution in [0.1, 0.15) is 10.4 Å². The summed E-state index contributed by atoms with van der Waals surface area (Å²) in [5, 5.41) is 18.0. The molecule has 1 rings (SSSR count). The molecule has 0 aliphatic rings. The fraction of sp³-hybridized carbons (Fsp3) is 0. The molecule has 0 saturated carbocycles. The summed E-state index contributed by atoms with van der Waals surface area (Å²) in [6.07, 6.45) is 0. The Labute approximate surface area is 116 Å². The van der Waals surface area contributed by atoms with E-state index in [-0.39, 0.29) is 35.1 Å². The third-order valence-electron chi connectivity index (χ3n) is 1.07. The van der Waals surface area contributed by atoms with Crippen molar-refractivity contribution in [2.45, 2.75) is 0 Å². The fourth-order valence-electron chi connectivity index (χ4n) is 0.574. The number of hydrogen-bond acceptors (Lipinski definition) is 5.